The molecule has 7 heteroatoms. The first-order chi connectivity index (χ1) is 21.1. The fourth-order valence-electron chi connectivity index (χ4n) is 6.23. The number of fused-ring (bicyclic) bond motifs is 9. The average Bonchev–Trinajstić information content (AvgIpc) is 3.68. The maximum Gasteiger partial charge on any atom is 0.135 e. The molecule has 0 saturated carbocycles. The predicted molar refractivity (Wildman–Crippen MR) is 184 cm³/mol. The molecule has 0 bridgehead atoms. The minimum absolute atomic E-state index is 0.848. The summed E-state index contributed by atoms with van der Waals surface area (Å²) in [6.07, 6.45) is 3.68. The van der Waals surface area contributed by atoms with Crippen LogP contribution in [0.15, 0.2) is 124 Å². The van der Waals surface area contributed by atoms with E-state index in [9.17, 15) is 0 Å². The number of rotatable bonds is 2. The Bertz CT molecular complexity index is 2350. The van der Waals surface area contributed by atoms with Crippen LogP contribution in [0.2, 0.25) is 0 Å². The van der Waals surface area contributed by atoms with Crippen LogP contribution in [0, 0.1) is 0 Å². The molecule has 0 N–H and O–H groups in total. The van der Waals surface area contributed by atoms with Crippen molar-refractivity contribution in [1.29, 1.82) is 0 Å². The average molecular weight is 595 g/mol. The molecular formula is C36H26N4OS2. The summed E-state index contributed by atoms with van der Waals surface area (Å²) in [5.74, 6) is 0. The molecule has 208 valence electrons. The molecule has 4 aromatic carbocycles. The van der Waals surface area contributed by atoms with E-state index in [2.05, 4.69) is 107 Å². The third kappa shape index (κ3) is 3.89. The molecular weight excluding hydrogens is 569 g/mol. The maximum atomic E-state index is 6.32. The van der Waals surface area contributed by atoms with Gasteiger partial charge in [0.05, 0.1) is 33.1 Å². The standard InChI is InChI=1S/C34H20N4OS2.C2H6/c40-21-7-9-27-25(17-21)33-29(3-1-13-35-33)37(27)19-5-11-31-23(15-19)24-16-20(6-12-32(24)39-31)38-28-10-8-22(41)18-26(28)34-30(38)4-2-14-36-34;1-2/h1-18,40-41H;1-2H3. The van der Waals surface area contributed by atoms with Gasteiger partial charge in [-0.15, -0.1) is 25.3 Å². The maximum absolute atomic E-state index is 6.32. The second-order valence-corrected chi connectivity index (χ2v) is 11.3. The van der Waals surface area contributed by atoms with Crippen molar-refractivity contribution in [2.24, 2.45) is 0 Å². The molecule has 0 fully saturated rings. The van der Waals surface area contributed by atoms with Crippen LogP contribution in [0.1, 0.15) is 13.8 Å². The molecule has 5 heterocycles. The summed E-state index contributed by atoms with van der Waals surface area (Å²) < 4.78 is 10.8. The van der Waals surface area contributed by atoms with Gasteiger partial charge < -0.3 is 13.6 Å². The number of furan rings is 1. The number of nitrogens with zero attached hydrogens (tertiary/aromatic N) is 4. The SMILES string of the molecule is CC.Sc1ccc2c(c1)c1ncccc1n2-c1ccc2oc3ccc(-n4c5ccc(S)cc5c5ncccc54)cc3c2c1. The van der Waals surface area contributed by atoms with Gasteiger partial charge in [-0.05, 0) is 97.1 Å². The number of pyridine rings is 2. The van der Waals surface area contributed by atoms with Gasteiger partial charge in [-0.3, -0.25) is 9.97 Å². The van der Waals surface area contributed by atoms with E-state index >= 15 is 0 Å². The minimum atomic E-state index is 0.848. The molecule has 0 amide bonds. The van der Waals surface area contributed by atoms with E-state index in [0.29, 0.717) is 0 Å². The Kier molecular flexibility index (Phi) is 6.00. The van der Waals surface area contributed by atoms with Crippen LogP contribution in [0.25, 0.3) is 77.2 Å². The highest BCUT2D eigenvalue weighted by atomic mass is 32.1. The van der Waals surface area contributed by atoms with Gasteiger partial charge in [0.15, 0.2) is 0 Å². The van der Waals surface area contributed by atoms with Gasteiger partial charge in [0.2, 0.25) is 0 Å². The van der Waals surface area contributed by atoms with Crippen LogP contribution >= 0.6 is 25.3 Å². The molecule has 5 aromatic heterocycles. The van der Waals surface area contributed by atoms with E-state index in [1.54, 1.807) is 0 Å². The molecule has 0 radical (unpaired) electrons. The highest BCUT2D eigenvalue weighted by Crippen LogP contribution is 2.38. The molecule has 5 nitrogen and oxygen atoms in total. The normalized spacial score (nSPS) is 11.7. The molecule has 0 atom stereocenters. The van der Waals surface area contributed by atoms with Crippen LogP contribution in [0.4, 0.5) is 0 Å². The molecule has 9 rings (SSSR count). The summed E-state index contributed by atoms with van der Waals surface area (Å²) in [5.41, 5.74) is 10.00. The molecule has 9 aromatic rings. The molecule has 0 spiro atoms. The monoisotopic (exact) mass is 594 g/mol. The Morgan fingerprint density at radius 1 is 0.512 bits per heavy atom. The fraction of sp³-hybridized carbons (Fsp3) is 0.0556. The third-order valence-electron chi connectivity index (χ3n) is 7.96. The topological polar surface area (TPSA) is 48.8 Å². The lowest BCUT2D eigenvalue weighted by Crippen LogP contribution is -1.94. The van der Waals surface area contributed by atoms with Gasteiger partial charge in [0.1, 0.15) is 11.2 Å². The third-order valence-corrected chi connectivity index (χ3v) is 8.52. The first kappa shape index (κ1) is 25.9. The Balaban J connectivity index is 0.00000136. The first-order valence-electron chi connectivity index (χ1n) is 14.3. The van der Waals surface area contributed by atoms with Crippen molar-refractivity contribution in [1.82, 2.24) is 19.1 Å². The van der Waals surface area contributed by atoms with Crippen molar-refractivity contribution in [2.45, 2.75) is 23.6 Å². The summed E-state index contributed by atoms with van der Waals surface area (Å²) in [7, 11) is 0. The minimum Gasteiger partial charge on any atom is -0.456 e. The van der Waals surface area contributed by atoms with Crippen molar-refractivity contribution < 1.29 is 4.42 Å². The first-order valence-corrected chi connectivity index (χ1v) is 15.2. The van der Waals surface area contributed by atoms with Crippen LogP contribution < -0.4 is 0 Å². The molecule has 0 aliphatic carbocycles. The van der Waals surface area contributed by atoms with E-state index in [-0.39, 0.29) is 0 Å². The lowest BCUT2D eigenvalue weighted by molar-refractivity contribution is 0.669. The molecule has 0 unspecified atom stereocenters. The highest BCUT2D eigenvalue weighted by molar-refractivity contribution is 7.80. The quantitative estimate of drug-likeness (QED) is 0.196. The summed E-state index contributed by atoms with van der Waals surface area (Å²) in [6, 6.07) is 33.4. The number of hydrogen-bond donors (Lipinski definition) is 2. The van der Waals surface area contributed by atoms with E-state index < -0.39 is 0 Å². The summed E-state index contributed by atoms with van der Waals surface area (Å²) in [6.45, 7) is 4.00. The van der Waals surface area contributed by atoms with Crippen molar-refractivity contribution >= 4 is 91.1 Å². The van der Waals surface area contributed by atoms with Crippen molar-refractivity contribution in [2.75, 3.05) is 0 Å². The molecule has 0 saturated heterocycles. The van der Waals surface area contributed by atoms with E-state index in [1.165, 1.54) is 0 Å². The molecule has 0 aliphatic heterocycles. The number of thiol groups is 2. The zero-order valence-corrected chi connectivity index (χ0v) is 25.3. The number of hydrogen-bond acceptors (Lipinski definition) is 5. The fourth-order valence-corrected chi connectivity index (χ4v) is 6.64. The van der Waals surface area contributed by atoms with Crippen molar-refractivity contribution in [3.63, 3.8) is 0 Å². The van der Waals surface area contributed by atoms with Gasteiger partial charge in [0.25, 0.3) is 0 Å². The summed E-state index contributed by atoms with van der Waals surface area (Å²) >= 11 is 9.18. The highest BCUT2D eigenvalue weighted by Gasteiger charge is 2.17. The smallest absolute Gasteiger partial charge is 0.135 e. The Morgan fingerprint density at radius 2 is 0.977 bits per heavy atom. The lowest BCUT2D eigenvalue weighted by Gasteiger charge is -2.09. The van der Waals surface area contributed by atoms with Gasteiger partial charge in [-0.1, -0.05) is 13.8 Å². The van der Waals surface area contributed by atoms with Crippen LogP contribution in [-0.2, 0) is 0 Å². The Hall–Kier alpha value is -4.72. The summed E-state index contributed by atoms with van der Waals surface area (Å²) in [4.78, 5) is 11.2. The van der Waals surface area contributed by atoms with Crippen LogP contribution in [0.3, 0.4) is 0 Å². The van der Waals surface area contributed by atoms with Crippen molar-refractivity contribution in [3.8, 4) is 11.4 Å². The van der Waals surface area contributed by atoms with Gasteiger partial charge >= 0.3 is 0 Å². The molecule has 43 heavy (non-hydrogen) atoms. The van der Waals surface area contributed by atoms with E-state index in [0.717, 1.165) is 87.0 Å². The largest absolute Gasteiger partial charge is 0.456 e. The number of aromatic nitrogens is 4. The van der Waals surface area contributed by atoms with Gasteiger partial charge in [-0.25, -0.2) is 0 Å². The lowest BCUT2D eigenvalue weighted by atomic mass is 10.1. The van der Waals surface area contributed by atoms with Crippen molar-refractivity contribution in [3.05, 3.63) is 109 Å². The van der Waals surface area contributed by atoms with E-state index in [4.69, 9.17) is 14.4 Å². The predicted octanol–water partition coefficient (Wildman–Crippen LogP) is 10.2. The zero-order valence-electron chi connectivity index (χ0n) is 23.5. The second kappa shape index (κ2) is 9.93. The van der Waals surface area contributed by atoms with Gasteiger partial charge in [0, 0.05) is 55.1 Å². The Labute approximate surface area is 258 Å². The van der Waals surface area contributed by atoms with Crippen LogP contribution in [0.5, 0.6) is 0 Å². The zero-order chi connectivity index (χ0) is 29.2. The Morgan fingerprint density at radius 3 is 1.44 bits per heavy atom. The second-order valence-electron chi connectivity index (χ2n) is 10.3. The molecule has 0 aliphatic rings. The summed E-state index contributed by atoms with van der Waals surface area (Å²) in [5, 5.41) is 4.27. The van der Waals surface area contributed by atoms with Gasteiger partial charge in [-0.2, -0.15) is 0 Å². The van der Waals surface area contributed by atoms with E-state index in [1.807, 2.05) is 50.5 Å². The van der Waals surface area contributed by atoms with Crippen LogP contribution in [-0.4, -0.2) is 19.1 Å². The number of benzene rings is 4.